The van der Waals surface area contributed by atoms with Gasteiger partial charge in [0.15, 0.2) is 6.10 Å². The zero-order valence-corrected chi connectivity index (χ0v) is 40.7. The van der Waals surface area contributed by atoms with Crippen molar-refractivity contribution in [2.45, 2.75) is 211 Å². The molecule has 0 aromatic heterocycles. The fourth-order valence-corrected chi connectivity index (χ4v) is 8.37. The van der Waals surface area contributed by atoms with Crippen LogP contribution in [-0.2, 0) is 41.8 Å². The summed E-state index contributed by atoms with van der Waals surface area (Å²) in [5, 5.41) is 41.2. The van der Waals surface area contributed by atoms with Crippen molar-refractivity contribution in [1.29, 1.82) is 0 Å². The minimum atomic E-state index is -5.37. The second-order valence-electron chi connectivity index (χ2n) is 16.5. The Balaban J connectivity index is 2.64. The molecule has 0 aromatic rings. The van der Waals surface area contributed by atoms with Crippen LogP contribution in [0.25, 0.3) is 0 Å². The third-order valence-corrected chi connectivity index (χ3v) is 12.1. The Morgan fingerprint density at radius 3 is 1.45 bits per heavy atom. The summed E-state index contributed by atoms with van der Waals surface area (Å²) in [5.41, 5.74) is 0. The van der Waals surface area contributed by atoms with E-state index in [9.17, 15) is 53.8 Å². The first-order valence-electron chi connectivity index (χ1n) is 23.8. The highest BCUT2D eigenvalue weighted by molar-refractivity contribution is 7.47. The maximum absolute atomic E-state index is 13.0. The first-order chi connectivity index (χ1) is 31.1. The van der Waals surface area contributed by atoms with Crippen molar-refractivity contribution in [1.82, 2.24) is 0 Å². The van der Waals surface area contributed by atoms with E-state index in [1.807, 2.05) is 12.2 Å². The number of unbranched alkanes of at least 4 members (excludes halogenated alkanes) is 15. The number of esters is 2. The smallest absolute Gasteiger partial charge is 0.462 e. The van der Waals surface area contributed by atoms with E-state index in [-0.39, 0.29) is 12.8 Å². The van der Waals surface area contributed by atoms with Crippen LogP contribution in [0.15, 0.2) is 60.8 Å². The van der Waals surface area contributed by atoms with Gasteiger partial charge in [-0.1, -0.05) is 139 Å². The van der Waals surface area contributed by atoms with Gasteiger partial charge < -0.3 is 44.6 Å². The predicted octanol–water partition coefficient (Wildman–Crippen LogP) is 9.06. The maximum atomic E-state index is 13.0. The van der Waals surface area contributed by atoms with Crippen LogP contribution in [0.1, 0.15) is 168 Å². The average Bonchev–Trinajstić information content (AvgIpc) is 3.26. The largest absolute Gasteiger partial charge is 0.472 e. The molecule has 65 heavy (non-hydrogen) atoms. The van der Waals surface area contributed by atoms with E-state index in [0.29, 0.717) is 19.3 Å². The zero-order valence-electron chi connectivity index (χ0n) is 38.9. The van der Waals surface area contributed by atoms with Gasteiger partial charge in [0, 0.05) is 12.8 Å². The minimum absolute atomic E-state index is 0.0345. The van der Waals surface area contributed by atoms with E-state index in [0.717, 1.165) is 77.0 Å². The molecule has 0 heterocycles. The number of phosphoric acid groups is 2. The molecule has 1 aliphatic carbocycles. The predicted molar refractivity (Wildman–Crippen MR) is 250 cm³/mol. The number of hydrogen-bond acceptors (Lipinski definition) is 13. The fourth-order valence-electron chi connectivity index (χ4n) is 6.84. The number of carbonyl (C=O) groups excluding carboxylic acids is 2. The topological polar surface area (TPSA) is 256 Å². The molecule has 8 atom stereocenters. The fraction of sp³-hybridized carbons (Fsp3) is 0.745. The summed E-state index contributed by atoms with van der Waals surface area (Å²) in [6, 6.07) is 0. The summed E-state index contributed by atoms with van der Waals surface area (Å²) in [7, 11) is -10.7. The highest BCUT2D eigenvalue weighted by Crippen LogP contribution is 2.49. The molecular weight excluding hydrogens is 882 g/mol. The number of carbonyl (C=O) groups is 2. The van der Waals surface area contributed by atoms with Gasteiger partial charge in [-0.25, -0.2) is 9.13 Å². The normalized spacial score (nSPS) is 22.2. The number of allylic oxidation sites excluding steroid dienone is 10. The van der Waals surface area contributed by atoms with Crippen LogP contribution in [-0.4, -0.2) is 103 Å². The third-order valence-electron chi connectivity index (χ3n) is 10.6. The van der Waals surface area contributed by atoms with Crippen LogP contribution in [0.2, 0.25) is 0 Å². The maximum Gasteiger partial charge on any atom is 0.472 e. The molecule has 1 aliphatic rings. The molecule has 0 radical (unpaired) electrons. The molecule has 0 spiro atoms. The average molecular weight is 965 g/mol. The summed E-state index contributed by atoms with van der Waals surface area (Å²) >= 11 is 0. The molecule has 18 heteroatoms. The molecule has 1 rings (SSSR count). The number of aliphatic hydroxyl groups excluding tert-OH is 4. The Hall–Kier alpha value is -2.30. The van der Waals surface area contributed by atoms with E-state index < -0.39 is 83.5 Å². The monoisotopic (exact) mass is 965 g/mol. The highest BCUT2D eigenvalue weighted by atomic mass is 31.2. The lowest BCUT2D eigenvalue weighted by Crippen LogP contribution is -2.64. The molecule has 1 fully saturated rings. The van der Waals surface area contributed by atoms with E-state index in [4.69, 9.17) is 18.5 Å². The van der Waals surface area contributed by atoms with Crippen molar-refractivity contribution in [2.24, 2.45) is 0 Å². The van der Waals surface area contributed by atoms with Crippen LogP contribution >= 0.6 is 15.6 Å². The van der Waals surface area contributed by atoms with Gasteiger partial charge in [-0.05, 0) is 77.0 Å². The van der Waals surface area contributed by atoms with Gasteiger partial charge in [0.1, 0.15) is 43.2 Å². The first-order valence-corrected chi connectivity index (χ1v) is 26.9. The van der Waals surface area contributed by atoms with Crippen LogP contribution in [0.4, 0.5) is 0 Å². The van der Waals surface area contributed by atoms with Gasteiger partial charge >= 0.3 is 27.6 Å². The van der Waals surface area contributed by atoms with Gasteiger partial charge in [-0.3, -0.25) is 23.2 Å². The molecule has 0 amide bonds. The van der Waals surface area contributed by atoms with E-state index in [1.165, 1.54) is 44.9 Å². The van der Waals surface area contributed by atoms with Crippen molar-refractivity contribution < 1.29 is 76.9 Å². The first kappa shape index (κ1) is 60.7. The van der Waals surface area contributed by atoms with Gasteiger partial charge in [0.25, 0.3) is 0 Å². The summed E-state index contributed by atoms with van der Waals surface area (Å²) in [5.74, 6) is -1.28. The second kappa shape index (κ2) is 37.7. The van der Waals surface area contributed by atoms with E-state index in [1.54, 1.807) is 0 Å². The standard InChI is InChI=1S/C47H82O16P2/c1-3-5-7-9-11-13-15-17-19-20-22-24-26-28-30-32-34-36-41(49)61-39(37-59-40(48)35-33-31-29-27-25-23-21-18-16-14-12-10-8-6-4-2)38-60-65(57,58)63-47-44(52)42(50)43(51)46(45(47)53)62-64(54,55)56/h11,13-14,16-17,19,22,24,28,30,39,42-47,50-53H,3-10,12,15,18,20-21,23,25-27,29,31-38H2,1-2H3,(H,57,58)(H2,54,55,56)/t39-,42?,43?,44?,45?,46-,47+/m1/s1. The molecule has 0 aliphatic heterocycles. The van der Waals surface area contributed by atoms with Crippen molar-refractivity contribution in [3.05, 3.63) is 60.8 Å². The lowest BCUT2D eigenvalue weighted by Gasteiger charge is -2.43. The molecule has 16 nitrogen and oxygen atoms in total. The third kappa shape index (κ3) is 32.2. The molecule has 376 valence electrons. The van der Waals surface area contributed by atoms with Gasteiger partial charge in [-0.2, -0.15) is 0 Å². The van der Waals surface area contributed by atoms with Crippen molar-refractivity contribution in [2.75, 3.05) is 13.2 Å². The Morgan fingerprint density at radius 1 is 0.492 bits per heavy atom. The number of phosphoric ester groups is 2. The SMILES string of the molecule is CCCCCC=CCC=CCC=CCC=CCCCC(=O)O[C@H](COC(=O)CCCCCCCCCC=CCCCCCC)COP(=O)(O)O[C@H]1C(O)C(O)C(O)[C@@H](OP(=O)(O)O)C1O. The van der Waals surface area contributed by atoms with Crippen LogP contribution in [0.3, 0.4) is 0 Å². The number of rotatable bonds is 39. The van der Waals surface area contributed by atoms with Gasteiger partial charge in [0.2, 0.25) is 0 Å². The number of hydrogen-bond donors (Lipinski definition) is 7. The van der Waals surface area contributed by atoms with E-state index in [2.05, 4.69) is 67.0 Å². The Morgan fingerprint density at radius 2 is 0.908 bits per heavy atom. The molecule has 7 N–H and O–H groups in total. The van der Waals surface area contributed by atoms with Crippen molar-refractivity contribution >= 4 is 27.6 Å². The second-order valence-corrected chi connectivity index (χ2v) is 19.1. The summed E-state index contributed by atoms with van der Waals surface area (Å²) in [6.45, 7) is 3.02. The van der Waals surface area contributed by atoms with Gasteiger partial charge in [-0.15, -0.1) is 0 Å². The minimum Gasteiger partial charge on any atom is -0.462 e. The van der Waals surface area contributed by atoms with Crippen LogP contribution in [0.5, 0.6) is 0 Å². The Kier molecular flexibility index (Phi) is 35.2. The molecule has 0 aromatic carbocycles. The van der Waals surface area contributed by atoms with Crippen LogP contribution < -0.4 is 0 Å². The number of ether oxygens (including phenoxy) is 2. The zero-order chi connectivity index (χ0) is 48.2. The van der Waals surface area contributed by atoms with Crippen molar-refractivity contribution in [3.8, 4) is 0 Å². The molecule has 1 saturated carbocycles. The Bertz CT molecular complexity index is 1490. The molecule has 0 saturated heterocycles. The molecule has 5 unspecified atom stereocenters. The van der Waals surface area contributed by atoms with Gasteiger partial charge in [0.05, 0.1) is 6.61 Å². The highest BCUT2D eigenvalue weighted by Gasteiger charge is 2.54. The lowest BCUT2D eigenvalue weighted by molar-refractivity contribution is -0.216. The van der Waals surface area contributed by atoms with E-state index >= 15 is 0 Å². The Labute approximate surface area is 388 Å². The van der Waals surface area contributed by atoms with Crippen LogP contribution in [0, 0.1) is 0 Å². The molecule has 0 bridgehead atoms. The van der Waals surface area contributed by atoms with Crippen molar-refractivity contribution in [3.63, 3.8) is 0 Å². The molecular formula is C47H82O16P2. The quantitative estimate of drug-likeness (QED) is 0.0131. The number of aliphatic hydroxyl groups is 4. The summed E-state index contributed by atoms with van der Waals surface area (Å²) in [4.78, 5) is 54.2. The summed E-state index contributed by atoms with van der Waals surface area (Å²) < 4.78 is 49.3. The summed E-state index contributed by atoms with van der Waals surface area (Å²) in [6.07, 6.45) is 29.0. The lowest BCUT2D eigenvalue weighted by atomic mass is 9.85.